The first-order valence-corrected chi connectivity index (χ1v) is 11.6. The number of aromatic nitrogens is 4. The predicted molar refractivity (Wildman–Crippen MR) is 120 cm³/mol. The van der Waals surface area contributed by atoms with Gasteiger partial charge >= 0.3 is 11.9 Å². The van der Waals surface area contributed by atoms with E-state index in [4.69, 9.17) is 18.5 Å². The van der Waals surface area contributed by atoms with Crippen molar-refractivity contribution in [1.29, 1.82) is 0 Å². The fourth-order valence-corrected chi connectivity index (χ4v) is 4.10. The molecule has 0 atom stereocenters. The third-order valence-corrected chi connectivity index (χ3v) is 6.16. The second kappa shape index (κ2) is 9.77. The van der Waals surface area contributed by atoms with Crippen LogP contribution in [0.3, 0.4) is 0 Å². The molecule has 0 spiro atoms. The van der Waals surface area contributed by atoms with Crippen molar-refractivity contribution in [1.82, 2.24) is 20.3 Å². The average Bonchev–Trinajstić information content (AvgIpc) is 3.68. The van der Waals surface area contributed by atoms with Crippen LogP contribution in [-0.2, 0) is 22.7 Å². The molecule has 5 aromatic rings. The van der Waals surface area contributed by atoms with Crippen LogP contribution in [0.1, 0.15) is 32.5 Å². The van der Waals surface area contributed by atoms with Crippen LogP contribution in [-0.4, -0.2) is 32.2 Å². The van der Waals surface area contributed by atoms with Gasteiger partial charge < -0.3 is 18.5 Å². The van der Waals surface area contributed by atoms with E-state index < -0.39 is 11.9 Å². The van der Waals surface area contributed by atoms with E-state index in [0.717, 1.165) is 9.75 Å². The van der Waals surface area contributed by atoms with E-state index in [-0.39, 0.29) is 36.1 Å². The molecule has 170 valence electrons. The molecule has 0 fully saturated rings. The first kappa shape index (κ1) is 21.7. The number of benzene rings is 1. The van der Waals surface area contributed by atoms with Crippen LogP contribution < -0.4 is 0 Å². The van der Waals surface area contributed by atoms with E-state index in [1.165, 1.54) is 46.9 Å². The van der Waals surface area contributed by atoms with Crippen molar-refractivity contribution in [3.63, 3.8) is 0 Å². The van der Waals surface area contributed by atoms with Crippen LogP contribution in [0.4, 0.5) is 0 Å². The number of hydrogen-bond donors (Lipinski definition) is 0. The second-order valence-corrected chi connectivity index (χ2v) is 8.60. The molecule has 0 bridgehead atoms. The van der Waals surface area contributed by atoms with Gasteiger partial charge in [0.25, 0.3) is 11.8 Å². The molecule has 0 aliphatic carbocycles. The number of carbonyl (C=O) groups is 2. The van der Waals surface area contributed by atoms with Gasteiger partial charge in [-0.3, -0.25) is 0 Å². The van der Waals surface area contributed by atoms with Crippen molar-refractivity contribution in [3.8, 4) is 21.4 Å². The van der Waals surface area contributed by atoms with E-state index in [2.05, 4.69) is 20.3 Å². The Morgan fingerprint density at radius 2 is 1.15 bits per heavy atom. The van der Waals surface area contributed by atoms with Gasteiger partial charge in [0, 0.05) is 0 Å². The van der Waals surface area contributed by atoms with Gasteiger partial charge in [-0.05, 0) is 47.2 Å². The molecule has 1 aromatic carbocycles. The maximum Gasteiger partial charge on any atom is 0.338 e. The largest absolute Gasteiger partial charge is 0.452 e. The van der Waals surface area contributed by atoms with Gasteiger partial charge in [-0.1, -0.05) is 22.4 Å². The predicted octanol–water partition coefficient (Wildman–Crippen LogP) is 4.62. The highest BCUT2D eigenvalue weighted by molar-refractivity contribution is 7.13. The second-order valence-electron chi connectivity index (χ2n) is 6.71. The standard InChI is InChI=1S/C22H14N4O6S2/c27-21(29-11-17-23-19(25-31-17)15-3-1-9-33-15)13-5-7-14(8-6-13)22(28)30-12-18-24-20(26-32-18)16-4-2-10-34-16/h1-10H,11-12H2. The lowest BCUT2D eigenvalue weighted by Gasteiger charge is -2.04. The number of rotatable bonds is 8. The van der Waals surface area contributed by atoms with Crippen molar-refractivity contribution in [3.05, 3.63) is 82.2 Å². The van der Waals surface area contributed by atoms with Gasteiger partial charge in [-0.2, -0.15) is 9.97 Å². The Kier molecular flexibility index (Phi) is 6.23. The highest BCUT2D eigenvalue weighted by atomic mass is 32.1. The molecular formula is C22H14N4O6S2. The van der Waals surface area contributed by atoms with Gasteiger partial charge in [0.1, 0.15) is 0 Å². The topological polar surface area (TPSA) is 130 Å². The molecule has 0 unspecified atom stereocenters. The number of carbonyl (C=O) groups excluding carboxylic acids is 2. The number of esters is 2. The lowest BCUT2D eigenvalue weighted by atomic mass is 10.1. The summed E-state index contributed by atoms with van der Waals surface area (Å²) in [6.45, 7) is -0.336. The van der Waals surface area contributed by atoms with Crippen LogP contribution >= 0.6 is 22.7 Å². The fourth-order valence-electron chi connectivity index (χ4n) is 2.80. The van der Waals surface area contributed by atoms with Crippen molar-refractivity contribution in [2.45, 2.75) is 13.2 Å². The SMILES string of the molecule is O=C(OCc1nc(-c2cccs2)no1)c1ccc(C(=O)OCc2nc(-c3cccs3)no2)cc1. The Labute approximate surface area is 199 Å². The summed E-state index contributed by atoms with van der Waals surface area (Å²) in [7, 11) is 0. The Balaban J connectivity index is 1.12. The summed E-state index contributed by atoms with van der Waals surface area (Å²) >= 11 is 2.95. The van der Waals surface area contributed by atoms with Crippen molar-refractivity contribution >= 4 is 34.6 Å². The fraction of sp³-hybridized carbons (Fsp3) is 0.0909. The number of thiophene rings is 2. The molecule has 0 saturated carbocycles. The Hall–Kier alpha value is -4.16. The summed E-state index contributed by atoms with van der Waals surface area (Å²) in [6.07, 6.45) is 0. The highest BCUT2D eigenvalue weighted by Crippen LogP contribution is 2.22. The van der Waals surface area contributed by atoms with E-state index in [9.17, 15) is 9.59 Å². The molecule has 5 rings (SSSR count). The Bertz CT molecular complexity index is 1280. The van der Waals surface area contributed by atoms with Crippen LogP contribution in [0, 0.1) is 0 Å². The molecule has 12 heteroatoms. The maximum atomic E-state index is 12.3. The molecule has 4 heterocycles. The minimum Gasteiger partial charge on any atom is -0.452 e. The molecule has 34 heavy (non-hydrogen) atoms. The summed E-state index contributed by atoms with van der Waals surface area (Å²) in [4.78, 5) is 34.7. The van der Waals surface area contributed by atoms with E-state index in [1.807, 2.05) is 35.0 Å². The number of hydrogen-bond acceptors (Lipinski definition) is 12. The number of ether oxygens (including phenoxy) is 2. The van der Waals surface area contributed by atoms with Crippen LogP contribution in [0.15, 0.2) is 68.3 Å². The highest BCUT2D eigenvalue weighted by Gasteiger charge is 2.16. The molecular weight excluding hydrogens is 480 g/mol. The smallest absolute Gasteiger partial charge is 0.338 e. The third kappa shape index (κ3) is 4.92. The van der Waals surface area contributed by atoms with Crippen molar-refractivity contribution in [2.24, 2.45) is 0 Å². The summed E-state index contributed by atoms with van der Waals surface area (Å²) < 4.78 is 20.6. The van der Waals surface area contributed by atoms with Gasteiger partial charge in [-0.25, -0.2) is 9.59 Å². The zero-order valence-electron chi connectivity index (χ0n) is 17.2. The Morgan fingerprint density at radius 1 is 0.706 bits per heavy atom. The van der Waals surface area contributed by atoms with E-state index in [0.29, 0.717) is 11.6 Å². The monoisotopic (exact) mass is 494 g/mol. The molecule has 0 aliphatic rings. The van der Waals surface area contributed by atoms with Gasteiger partial charge in [0.15, 0.2) is 13.2 Å². The molecule has 0 N–H and O–H groups in total. The van der Waals surface area contributed by atoms with E-state index in [1.54, 1.807) is 0 Å². The first-order valence-electron chi connectivity index (χ1n) is 9.83. The average molecular weight is 495 g/mol. The van der Waals surface area contributed by atoms with Crippen LogP contribution in [0.2, 0.25) is 0 Å². The molecule has 4 aromatic heterocycles. The minimum atomic E-state index is -0.595. The quantitative estimate of drug-likeness (QED) is 0.281. The summed E-state index contributed by atoms with van der Waals surface area (Å²) in [6, 6.07) is 13.3. The lowest BCUT2D eigenvalue weighted by Crippen LogP contribution is -2.08. The summed E-state index contributed by atoms with van der Waals surface area (Å²) in [5.41, 5.74) is 0.513. The maximum absolute atomic E-state index is 12.3. The van der Waals surface area contributed by atoms with Gasteiger partial charge in [-0.15, -0.1) is 22.7 Å². The summed E-state index contributed by atoms with van der Waals surface area (Å²) in [5, 5.41) is 11.5. The number of nitrogens with zero attached hydrogens (tertiary/aromatic N) is 4. The zero-order chi connectivity index (χ0) is 23.3. The van der Waals surface area contributed by atoms with Crippen molar-refractivity contribution < 1.29 is 28.1 Å². The van der Waals surface area contributed by atoms with E-state index >= 15 is 0 Å². The molecule has 10 nitrogen and oxygen atoms in total. The molecule has 0 amide bonds. The van der Waals surface area contributed by atoms with Gasteiger partial charge in [0.05, 0.1) is 20.9 Å². The van der Waals surface area contributed by atoms with Crippen molar-refractivity contribution in [2.75, 3.05) is 0 Å². The molecule has 0 saturated heterocycles. The lowest BCUT2D eigenvalue weighted by molar-refractivity contribution is 0.0417. The normalized spacial score (nSPS) is 10.8. The molecule has 0 radical (unpaired) electrons. The van der Waals surface area contributed by atoms with Crippen LogP contribution in [0.25, 0.3) is 21.4 Å². The summed E-state index contributed by atoms with van der Waals surface area (Å²) in [5.74, 6) is 0.0466. The third-order valence-electron chi connectivity index (χ3n) is 4.43. The zero-order valence-corrected chi connectivity index (χ0v) is 18.9. The Morgan fingerprint density at radius 3 is 1.53 bits per heavy atom. The minimum absolute atomic E-state index is 0.168. The molecule has 0 aliphatic heterocycles. The first-order chi connectivity index (χ1) is 16.7. The van der Waals surface area contributed by atoms with Gasteiger partial charge in [0.2, 0.25) is 11.6 Å². The van der Waals surface area contributed by atoms with Crippen LogP contribution in [0.5, 0.6) is 0 Å².